The van der Waals surface area contributed by atoms with Crippen molar-refractivity contribution in [1.29, 1.82) is 0 Å². The number of nitrogens with zero attached hydrogens (tertiary/aromatic N) is 2. The maximum Gasteiger partial charge on any atom is 0.243 e. The molecule has 0 saturated heterocycles. The van der Waals surface area contributed by atoms with Gasteiger partial charge in [-0.3, -0.25) is 9.59 Å². The highest BCUT2D eigenvalue weighted by Crippen LogP contribution is 2.22. The number of benzene rings is 1. The lowest BCUT2D eigenvalue weighted by Crippen LogP contribution is -2.35. The summed E-state index contributed by atoms with van der Waals surface area (Å²) in [7, 11) is 1.67. The smallest absolute Gasteiger partial charge is 0.243 e. The normalized spacial score (nSPS) is 10.7. The molecule has 0 aliphatic heterocycles. The number of anilines is 1. The van der Waals surface area contributed by atoms with Gasteiger partial charge in [0.05, 0.1) is 17.2 Å². The van der Waals surface area contributed by atoms with Crippen LogP contribution in [0.25, 0.3) is 0 Å². The first-order chi connectivity index (χ1) is 12.8. The van der Waals surface area contributed by atoms with E-state index in [-0.39, 0.29) is 18.4 Å². The van der Waals surface area contributed by atoms with Crippen LogP contribution in [0.15, 0.2) is 17.5 Å². The Kier molecular flexibility index (Phi) is 7.86. The Morgan fingerprint density at radius 1 is 1.19 bits per heavy atom. The number of thiazole rings is 1. The number of hydrogen-bond donors (Lipinski definition) is 1. The number of amides is 2. The second kappa shape index (κ2) is 9.90. The van der Waals surface area contributed by atoms with E-state index in [1.165, 1.54) is 10.5 Å². The molecule has 0 radical (unpaired) electrons. The Balaban J connectivity index is 1.75. The van der Waals surface area contributed by atoms with Crippen molar-refractivity contribution in [3.63, 3.8) is 0 Å². The summed E-state index contributed by atoms with van der Waals surface area (Å²) < 4.78 is 0. The van der Waals surface area contributed by atoms with Crippen molar-refractivity contribution < 1.29 is 9.59 Å². The number of thioether (sulfide) groups is 1. The number of carbonyl (C=O) groups is 2. The van der Waals surface area contributed by atoms with Crippen LogP contribution in [0.3, 0.4) is 0 Å². The monoisotopic (exact) mass is 405 g/mol. The van der Waals surface area contributed by atoms with Crippen molar-refractivity contribution in [3.05, 3.63) is 44.9 Å². The first-order valence-electron chi connectivity index (χ1n) is 8.86. The highest BCUT2D eigenvalue weighted by molar-refractivity contribution is 7.98. The van der Waals surface area contributed by atoms with Gasteiger partial charge in [-0.15, -0.1) is 11.3 Å². The second-order valence-electron chi connectivity index (χ2n) is 6.73. The molecular weight excluding hydrogens is 378 g/mol. The van der Waals surface area contributed by atoms with Gasteiger partial charge in [0.1, 0.15) is 0 Å². The van der Waals surface area contributed by atoms with E-state index >= 15 is 0 Å². The topological polar surface area (TPSA) is 62.3 Å². The van der Waals surface area contributed by atoms with E-state index in [0.717, 1.165) is 39.0 Å². The van der Waals surface area contributed by atoms with Crippen LogP contribution in [0.4, 0.5) is 5.69 Å². The summed E-state index contributed by atoms with van der Waals surface area (Å²) in [5.74, 6) is 1.33. The van der Waals surface area contributed by atoms with Crippen molar-refractivity contribution in [3.8, 4) is 0 Å². The fraction of sp³-hybridized carbons (Fsp3) is 0.450. The van der Waals surface area contributed by atoms with Crippen molar-refractivity contribution in [2.45, 2.75) is 39.9 Å². The largest absolute Gasteiger partial charge is 0.336 e. The molecule has 2 amide bonds. The molecule has 0 aliphatic rings. The van der Waals surface area contributed by atoms with Crippen LogP contribution in [0.1, 0.15) is 33.8 Å². The molecule has 5 nitrogen and oxygen atoms in total. The van der Waals surface area contributed by atoms with Gasteiger partial charge < -0.3 is 10.2 Å². The molecule has 0 unspecified atom stereocenters. The van der Waals surface area contributed by atoms with Crippen LogP contribution < -0.4 is 5.32 Å². The summed E-state index contributed by atoms with van der Waals surface area (Å²) in [5.41, 5.74) is 5.12. The fourth-order valence-corrected chi connectivity index (χ4v) is 4.40. The third kappa shape index (κ3) is 6.66. The molecule has 0 atom stereocenters. The summed E-state index contributed by atoms with van der Waals surface area (Å²) in [4.78, 5) is 30.5. The molecule has 1 heterocycles. The molecule has 0 bridgehead atoms. The average molecular weight is 406 g/mol. The van der Waals surface area contributed by atoms with Gasteiger partial charge in [-0.05, 0) is 38.8 Å². The lowest BCUT2D eigenvalue weighted by molar-refractivity contribution is -0.132. The van der Waals surface area contributed by atoms with Crippen LogP contribution in [0.5, 0.6) is 0 Å². The molecule has 0 saturated carbocycles. The summed E-state index contributed by atoms with van der Waals surface area (Å²) in [6.45, 7) is 8.03. The van der Waals surface area contributed by atoms with Gasteiger partial charge in [0.15, 0.2) is 0 Å². The third-order valence-electron chi connectivity index (χ3n) is 4.12. The summed E-state index contributed by atoms with van der Waals surface area (Å²) >= 11 is 3.33. The van der Waals surface area contributed by atoms with Gasteiger partial charge in [0, 0.05) is 36.0 Å². The van der Waals surface area contributed by atoms with Crippen molar-refractivity contribution in [1.82, 2.24) is 9.88 Å². The Bertz CT molecular complexity index is 794. The van der Waals surface area contributed by atoms with Gasteiger partial charge in [-0.1, -0.05) is 17.7 Å². The fourth-order valence-electron chi connectivity index (χ4n) is 2.86. The van der Waals surface area contributed by atoms with Crippen molar-refractivity contribution in [2.75, 3.05) is 24.7 Å². The molecule has 7 heteroatoms. The number of aryl methyl sites for hydroxylation is 4. The van der Waals surface area contributed by atoms with E-state index in [4.69, 9.17) is 0 Å². The van der Waals surface area contributed by atoms with Gasteiger partial charge in [0.25, 0.3) is 0 Å². The maximum atomic E-state index is 12.3. The first-order valence-corrected chi connectivity index (χ1v) is 10.9. The summed E-state index contributed by atoms with van der Waals surface area (Å²) in [6, 6.07) is 4.08. The number of rotatable bonds is 8. The molecule has 146 valence electrons. The van der Waals surface area contributed by atoms with Crippen LogP contribution in [0.2, 0.25) is 0 Å². The zero-order valence-electron chi connectivity index (χ0n) is 16.6. The molecule has 2 aromatic rings. The number of aromatic nitrogens is 1. The van der Waals surface area contributed by atoms with E-state index in [2.05, 4.69) is 15.7 Å². The minimum atomic E-state index is -0.175. The predicted octanol–water partition coefficient (Wildman–Crippen LogP) is 4.10. The highest BCUT2D eigenvalue weighted by Gasteiger charge is 2.14. The Morgan fingerprint density at radius 2 is 1.85 bits per heavy atom. The van der Waals surface area contributed by atoms with Gasteiger partial charge in [0.2, 0.25) is 11.8 Å². The summed E-state index contributed by atoms with van der Waals surface area (Å²) in [5, 5.41) is 6.05. The van der Waals surface area contributed by atoms with Crippen LogP contribution >= 0.6 is 23.1 Å². The Labute approximate surface area is 169 Å². The second-order valence-corrected chi connectivity index (χ2v) is 8.90. The zero-order chi connectivity index (χ0) is 20.0. The van der Waals surface area contributed by atoms with Gasteiger partial charge in [-0.25, -0.2) is 4.98 Å². The quantitative estimate of drug-likeness (QED) is 0.672. The van der Waals surface area contributed by atoms with Crippen molar-refractivity contribution >= 4 is 40.6 Å². The van der Waals surface area contributed by atoms with E-state index in [1.807, 2.05) is 39.8 Å². The van der Waals surface area contributed by atoms with E-state index in [0.29, 0.717) is 6.42 Å². The highest BCUT2D eigenvalue weighted by atomic mass is 32.2. The molecule has 27 heavy (non-hydrogen) atoms. The van der Waals surface area contributed by atoms with E-state index in [1.54, 1.807) is 30.1 Å². The zero-order valence-corrected chi connectivity index (χ0v) is 18.2. The van der Waals surface area contributed by atoms with E-state index in [9.17, 15) is 9.59 Å². The molecule has 2 rings (SSSR count). The lowest BCUT2D eigenvalue weighted by atomic mass is 10.1. The SMILES string of the molecule is Cc1cc(C)c(NC(=O)CN(C)C(=O)CCSCc2csc(C)n2)c(C)c1. The maximum absolute atomic E-state index is 12.3. The Morgan fingerprint density at radius 3 is 2.44 bits per heavy atom. The first kappa shape index (κ1) is 21.4. The Hall–Kier alpha value is -1.86. The molecular formula is C20H27N3O2S2. The van der Waals surface area contributed by atoms with Gasteiger partial charge >= 0.3 is 0 Å². The minimum absolute atomic E-state index is 0.0236. The molecule has 0 aliphatic carbocycles. The standard InChI is InChI=1S/C20H27N3O2S2/c1-13-8-14(2)20(15(3)9-13)22-18(24)10-23(5)19(25)6-7-26-11-17-12-27-16(4)21-17/h8-9,12H,6-7,10-11H2,1-5H3,(H,22,24). The molecule has 1 aromatic carbocycles. The van der Waals surface area contributed by atoms with Crippen LogP contribution in [-0.4, -0.2) is 41.0 Å². The van der Waals surface area contributed by atoms with Crippen LogP contribution in [-0.2, 0) is 15.3 Å². The van der Waals surface area contributed by atoms with Gasteiger partial charge in [-0.2, -0.15) is 11.8 Å². The molecule has 1 N–H and O–H groups in total. The molecule has 0 spiro atoms. The van der Waals surface area contributed by atoms with E-state index < -0.39 is 0 Å². The van der Waals surface area contributed by atoms with Crippen molar-refractivity contribution in [2.24, 2.45) is 0 Å². The number of likely N-dealkylation sites (N-methyl/N-ethyl adjacent to an activating group) is 1. The predicted molar refractivity (Wildman–Crippen MR) is 115 cm³/mol. The number of hydrogen-bond acceptors (Lipinski definition) is 5. The lowest BCUT2D eigenvalue weighted by Gasteiger charge is -2.18. The minimum Gasteiger partial charge on any atom is -0.336 e. The third-order valence-corrected chi connectivity index (χ3v) is 5.94. The summed E-state index contributed by atoms with van der Waals surface area (Å²) in [6.07, 6.45) is 0.417. The number of carbonyl (C=O) groups excluding carboxylic acids is 2. The van der Waals surface area contributed by atoms with Crippen LogP contribution in [0, 0.1) is 27.7 Å². The average Bonchev–Trinajstić information content (AvgIpc) is 3.00. The number of nitrogens with one attached hydrogen (secondary N) is 1. The molecule has 1 aromatic heterocycles. The molecule has 0 fully saturated rings.